The van der Waals surface area contributed by atoms with E-state index in [2.05, 4.69) is 22.4 Å². The molecule has 4 nitrogen and oxygen atoms in total. The van der Waals surface area contributed by atoms with Gasteiger partial charge < -0.3 is 9.84 Å². The quantitative estimate of drug-likeness (QED) is 0.843. The fourth-order valence-electron chi connectivity index (χ4n) is 2.04. The molecule has 5 heteroatoms. The summed E-state index contributed by atoms with van der Waals surface area (Å²) in [6.07, 6.45) is 7.94. The summed E-state index contributed by atoms with van der Waals surface area (Å²) in [5.74, 6) is 1.70. The first-order chi connectivity index (χ1) is 8.38. The highest BCUT2D eigenvalue weighted by atomic mass is 32.2. The minimum atomic E-state index is 0.561. The van der Waals surface area contributed by atoms with Gasteiger partial charge in [0, 0.05) is 11.8 Å². The van der Waals surface area contributed by atoms with Crippen LogP contribution in [0.5, 0.6) is 0 Å². The molecule has 0 aliphatic heterocycles. The maximum absolute atomic E-state index is 5.12. The predicted octanol–water partition coefficient (Wildman–Crippen LogP) is 3.46. The fourth-order valence-corrected chi connectivity index (χ4v) is 3.21. The summed E-state index contributed by atoms with van der Waals surface area (Å²) in [4.78, 5) is 4.32. The minimum absolute atomic E-state index is 0.561. The van der Waals surface area contributed by atoms with Gasteiger partial charge >= 0.3 is 6.01 Å². The average Bonchev–Trinajstić information content (AvgIpc) is 2.83. The van der Waals surface area contributed by atoms with Crippen LogP contribution in [-0.4, -0.2) is 21.9 Å². The number of hydrogen-bond donors (Lipinski definition) is 1. The summed E-state index contributed by atoms with van der Waals surface area (Å²) >= 11 is 1.97. The van der Waals surface area contributed by atoms with Crippen LogP contribution in [-0.2, 0) is 5.75 Å². The van der Waals surface area contributed by atoms with Gasteiger partial charge in [0.25, 0.3) is 0 Å². The molecule has 0 saturated heterocycles. The highest BCUT2D eigenvalue weighted by Crippen LogP contribution is 2.29. The van der Waals surface area contributed by atoms with Gasteiger partial charge in [0.05, 0.1) is 5.75 Å². The first-order valence-corrected chi connectivity index (χ1v) is 7.61. The number of thioether (sulfide) groups is 1. The first-order valence-electron chi connectivity index (χ1n) is 6.56. The van der Waals surface area contributed by atoms with Crippen molar-refractivity contribution in [3.05, 3.63) is 5.82 Å². The Balaban J connectivity index is 1.72. The summed E-state index contributed by atoms with van der Waals surface area (Å²) in [5, 5.41) is 7.89. The normalized spacial score (nSPS) is 17.2. The van der Waals surface area contributed by atoms with Crippen molar-refractivity contribution >= 4 is 17.8 Å². The van der Waals surface area contributed by atoms with Crippen molar-refractivity contribution in [3.63, 3.8) is 0 Å². The predicted molar refractivity (Wildman–Crippen MR) is 71.2 cm³/mol. The summed E-state index contributed by atoms with van der Waals surface area (Å²) in [6.45, 7) is 3.00. The van der Waals surface area contributed by atoms with E-state index in [4.69, 9.17) is 4.52 Å². The smallest absolute Gasteiger partial charge is 0.321 e. The van der Waals surface area contributed by atoms with Crippen molar-refractivity contribution in [1.82, 2.24) is 10.1 Å². The molecule has 1 heterocycles. The first kappa shape index (κ1) is 12.7. The Labute approximate surface area is 107 Å². The zero-order valence-corrected chi connectivity index (χ0v) is 11.3. The fraction of sp³-hybridized carbons (Fsp3) is 0.833. The largest absolute Gasteiger partial charge is 0.338 e. The van der Waals surface area contributed by atoms with Crippen LogP contribution < -0.4 is 5.32 Å². The zero-order valence-electron chi connectivity index (χ0n) is 10.4. The lowest BCUT2D eigenvalue weighted by molar-refractivity contribution is 0.425. The molecule has 1 aromatic heterocycles. The van der Waals surface area contributed by atoms with E-state index < -0.39 is 0 Å². The second kappa shape index (κ2) is 6.89. The molecule has 17 heavy (non-hydrogen) atoms. The molecule has 0 atom stereocenters. The topological polar surface area (TPSA) is 51.0 Å². The second-order valence-corrected chi connectivity index (χ2v) is 5.80. The molecule has 0 spiro atoms. The van der Waals surface area contributed by atoms with E-state index in [-0.39, 0.29) is 0 Å². The van der Waals surface area contributed by atoms with Gasteiger partial charge in [0.1, 0.15) is 0 Å². The van der Waals surface area contributed by atoms with Gasteiger partial charge in [0.2, 0.25) is 0 Å². The van der Waals surface area contributed by atoms with Gasteiger partial charge in [-0.15, -0.1) is 0 Å². The molecule has 1 aromatic rings. The Hall–Kier alpha value is -0.710. The van der Waals surface area contributed by atoms with Gasteiger partial charge in [-0.05, 0) is 19.3 Å². The molecule has 0 aromatic carbocycles. The van der Waals surface area contributed by atoms with Crippen LogP contribution in [0, 0.1) is 0 Å². The number of rotatable bonds is 6. The van der Waals surface area contributed by atoms with Gasteiger partial charge in [-0.3, -0.25) is 0 Å². The van der Waals surface area contributed by atoms with Crippen LogP contribution in [0.4, 0.5) is 6.01 Å². The number of anilines is 1. The van der Waals surface area contributed by atoms with Gasteiger partial charge in [0.15, 0.2) is 5.82 Å². The molecular formula is C12H21N3OS. The second-order valence-electron chi connectivity index (χ2n) is 4.51. The third-order valence-corrected chi connectivity index (χ3v) is 4.36. The molecule has 1 aliphatic carbocycles. The van der Waals surface area contributed by atoms with E-state index in [9.17, 15) is 0 Å². The summed E-state index contributed by atoms with van der Waals surface area (Å²) in [5.41, 5.74) is 0. The van der Waals surface area contributed by atoms with Crippen LogP contribution in [0.15, 0.2) is 4.52 Å². The number of nitrogens with one attached hydrogen (secondary N) is 1. The van der Waals surface area contributed by atoms with Crippen molar-refractivity contribution in [1.29, 1.82) is 0 Å². The lowest BCUT2D eigenvalue weighted by Gasteiger charge is -2.19. The Bertz CT molecular complexity index is 323. The van der Waals surface area contributed by atoms with E-state index in [1.54, 1.807) is 0 Å². The molecule has 2 rings (SSSR count). The lowest BCUT2D eigenvalue weighted by atomic mass is 10.0. The van der Waals surface area contributed by atoms with Crippen LogP contribution in [0.2, 0.25) is 0 Å². The van der Waals surface area contributed by atoms with Crippen LogP contribution >= 0.6 is 11.8 Å². The highest BCUT2D eigenvalue weighted by molar-refractivity contribution is 7.99. The Morgan fingerprint density at radius 1 is 1.35 bits per heavy atom. The van der Waals surface area contributed by atoms with E-state index in [0.717, 1.165) is 29.8 Å². The molecule has 0 bridgehead atoms. The van der Waals surface area contributed by atoms with Crippen LogP contribution in [0.25, 0.3) is 0 Å². The lowest BCUT2D eigenvalue weighted by Crippen LogP contribution is -2.08. The van der Waals surface area contributed by atoms with Crippen molar-refractivity contribution in [2.24, 2.45) is 0 Å². The molecular weight excluding hydrogens is 234 g/mol. The van der Waals surface area contributed by atoms with Gasteiger partial charge in [-0.2, -0.15) is 16.7 Å². The van der Waals surface area contributed by atoms with Crippen molar-refractivity contribution < 1.29 is 4.52 Å². The van der Waals surface area contributed by atoms with Crippen molar-refractivity contribution in [3.8, 4) is 0 Å². The summed E-state index contributed by atoms with van der Waals surface area (Å²) < 4.78 is 5.12. The minimum Gasteiger partial charge on any atom is -0.338 e. The SMILES string of the molecule is CCCNc1nc(CSC2CCCCC2)no1. The molecule has 1 fully saturated rings. The van der Waals surface area contributed by atoms with Gasteiger partial charge in [-0.25, -0.2) is 0 Å². The standard InChI is InChI=1S/C12H21N3OS/c1-2-8-13-12-14-11(15-16-12)9-17-10-6-4-3-5-7-10/h10H,2-9H2,1H3,(H,13,14,15). The Morgan fingerprint density at radius 2 is 2.18 bits per heavy atom. The summed E-state index contributed by atoms with van der Waals surface area (Å²) in [7, 11) is 0. The molecule has 0 radical (unpaired) electrons. The van der Waals surface area contributed by atoms with Crippen LogP contribution in [0.1, 0.15) is 51.3 Å². The molecule has 96 valence electrons. The highest BCUT2D eigenvalue weighted by Gasteiger charge is 2.15. The molecule has 1 N–H and O–H groups in total. The van der Waals surface area contributed by atoms with E-state index in [1.165, 1.54) is 32.1 Å². The number of hydrogen-bond acceptors (Lipinski definition) is 5. The molecule has 0 amide bonds. The van der Waals surface area contributed by atoms with E-state index in [0.29, 0.717) is 6.01 Å². The molecule has 1 aliphatic rings. The maximum Gasteiger partial charge on any atom is 0.321 e. The third-order valence-electron chi connectivity index (χ3n) is 2.99. The van der Waals surface area contributed by atoms with Crippen molar-refractivity contribution in [2.45, 2.75) is 56.5 Å². The molecule has 0 unspecified atom stereocenters. The number of aromatic nitrogens is 2. The average molecular weight is 255 g/mol. The van der Waals surface area contributed by atoms with Crippen LogP contribution in [0.3, 0.4) is 0 Å². The third kappa shape index (κ3) is 4.22. The Morgan fingerprint density at radius 3 is 2.94 bits per heavy atom. The monoisotopic (exact) mass is 255 g/mol. The van der Waals surface area contributed by atoms with Crippen molar-refractivity contribution in [2.75, 3.05) is 11.9 Å². The van der Waals surface area contributed by atoms with Gasteiger partial charge in [-0.1, -0.05) is 31.3 Å². The number of nitrogens with zero attached hydrogens (tertiary/aromatic N) is 2. The van der Waals surface area contributed by atoms with E-state index >= 15 is 0 Å². The molecule has 1 saturated carbocycles. The Kier molecular flexibility index (Phi) is 5.16. The maximum atomic E-state index is 5.12. The summed E-state index contributed by atoms with van der Waals surface area (Å²) in [6, 6.07) is 0.561. The zero-order chi connectivity index (χ0) is 11.9. The van der Waals surface area contributed by atoms with E-state index in [1.807, 2.05) is 11.8 Å².